The van der Waals surface area contributed by atoms with Crippen molar-refractivity contribution in [2.45, 2.75) is 25.9 Å². The number of rotatable bonds is 4. The number of nitrogens with two attached hydrogens (primary N) is 1. The van der Waals surface area contributed by atoms with Gasteiger partial charge in [-0.15, -0.1) is 10.2 Å². The zero-order valence-corrected chi connectivity index (χ0v) is 9.37. The lowest BCUT2D eigenvalue weighted by molar-refractivity contribution is 0.599. The van der Waals surface area contributed by atoms with E-state index in [1.165, 1.54) is 5.56 Å². The van der Waals surface area contributed by atoms with Gasteiger partial charge in [-0.3, -0.25) is 0 Å². The van der Waals surface area contributed by atoms with Crippen LogP contribution in [0.4, 0.5) is 0 Å². The molecule has 1 aromatic heterocycles. The highest BCUT2D eigenvalue weighted by Crippen LogP contribution is 2.13. The van der Waals surface area contributed by atoms with E-state index in [1.807, 2.05) is 22.8 Å². The van der Waals surface area contributed by atoms with E-state index >= 15 is 0 Å². The zero-order valence-electron chi connectivity index (χ0n) is 9.37. The average Bonchev–Trinajstić information content (AvgIpc) is 2.78. The van der Waals surface area contributed by atoms with Crippen molar-refractivity contribution < 1.29 is 0 Å². The van der Waals surface area contributed by atoms with Gasteiger partial charge in [0.25, 0.3) is 0 Å². The van der Waals surface area contributed by atoms with Crippen molar-refractivity contribution in [2.75, 3.05) is 0 Å². The number of aromatic nitrogens is 3. The fourth-order valence-corrected chi connectivity index (χ4v) is 1.75. The molecule has 0 bridgehead atoms. The highest BCUT2D eigenvalue weighted by Gasteiger charge is 2.13. The molecule has 0 saturated carbocycles. The van der Waals surface area contributed by atoms with E-state index in [0.29, 0.717) is 0 Å². The average molecular weight is 216 g/mol. The first-order chi connectivity index (χ1) is 7.81. The first-order valence-corrected chi connectivity index (χ1v) is 5.48. The third-order valence-corrected chi connectivity index (χ3v) is 2.62. The molecule has 0 radical (unpaired) electrons. The van der Waals surface area contributed by atoms with Gasteiger partial charge in [0.15, 0.2) is 0 Å². The Kier molecular flexibility index (Phi) is 3.31. The molecule has 1 atom stereocenters. The lowest BCUT2D eigenvalue weighted by atomic mass is 10.1. The highest BCUT2D eigenvalue weighted by atomic mass is 15.3. The van der Waals surface area contributed by atoms with Gasteiger partial charge in [-0.1, -0.05) is 30.3 Å². The SMILES string of the molecule is CCn1cnnc1[C@@H](N)Cc1ccccc1. The summed E-state index contributed by atoms with van der Waals surface area (Å²) in [6.07, 6.45) is 2.51. The Morgan fingerprint density at radius 1 is 1.31 bits per heavy atom. The Morgan fingerprint density at radius 3 is 2.75 bits per heavy atom. The van der Waals surface area contributed by atoms with Gasteiger partial charge in [-0.05, 0) is 18.9 Å². The molecule has 2 rings (SSSR count). The Morgan fingerprint density at radius 2 is 2.06 bits per heavy atom. The van der Waals surface area contributed by atoms with Crippen LogP contribution in [0.2, 0.25) is 0 Å². The van der Waals surface area contributed by atoms with Gasteiger partial charge in [-0.25, -0.2) is 0 Å². The maximum Gasteiger partial charge on any atom is 0.150 e. The van der Waals surface area contributed by atoms with E-state index < -0.39 is 0 Å². The quantitative estimate of drug-likeness (QED) is 0.843. The molecule has 0 aliphatic carbocycles. The van der Waals surface area contributed by atoms with Crippen molar-refractivity contribution in [1.82, 2.24) is 14.8 Å². The summed E-state index contributed by atoms with van der Waals surface area (Å²) in [5.41, 5.74) is 7.35. The van der Waals surface area contributed by atoms with Crippen molar-refractivity contribution in [1.29, 1.82) is 0 Å². The van der Waals surface area contributed by atoms with Crippen LogP contribution in [0, 0.1) is 0 Å². The highest BCUT2D eigenvalue weighted by molar-refractivity contribution is 5.17. The topological polar surface area (TPSA) is 56.7 Å². The van der Waals surface area contributed by atoms with E-state index in [4.69, 9.17) is 5.73 Å². The maximum absolute atomic E-state index is 6.12. The van der Waals surface area contributed by atoms with Gasteiger partial charge < -0.3 is 10.3 Å². The Bertz CT molecular complexity index is 435. The molecule has 0 amide bonds. The largest absolute Gasteiger partial charge is 0.321 e. The molecule has 0 aliphatic heterocycles. The van der Waals surface area contributed by atoms with E-state index in [2.05, 4.69) is 29.3 Å². The molecule has 4 nitrogen and oxygen atoms in total. The molecule has 0 saturated heterocycles. The monoisotopic (exact) mass is 216 g/mol. The summed E-state index contributed by atoms with van der Waals surface area (Å²) in [6, 6.07) is 10.1. The molecule has 0 spiro atoms. The molecule has 0 fully saturated rings. The van der Waals surface area contributed by atoms with Crippen LogP contribution in [-0.4, -0.2) is 14.8 Å². The van der Waals surface area contributed by atoms with Crippen molar-refractivity contribution >= 4 is 0 Å². The normalized spacial score (nSPS) is 12.6. The molecule has 2 aromatic rings. The predicted octanol–water partition coefficient (Wildman–Crippen LogP) is 1.54. The molecular formula is C12H16N4. The minimum absolute atomic E-state index is 0.0927. The predicted molar refractivity (Wildman–Crippen MR) is 62.8 cm³/mol. The number of benzene rings is 1. The molecule has 16 heavy (non-hydrogen) atoms. The zero-order chi connectivity index (χ0) is 11.4. The third kappa shape index (κ3) is 2.28. The fraction of sp³-hybridized carbons (Fsp3) is 0.333. The molecule has 2 N–H and O–H groups in total. The van der Waals surface area contributed by atoms with Crippen LogP contribution >= 0.6 is 0 Å². The van der Waals surface area contributed by atoms with Gasteiger partial charge >= 0.3 is 0 Å². The lowest BCUT2D eigenvalue weighted by Crippen LogP contribution is -2.18. The van der Waals surface area contributed by atoms with E-state index in [1.54, 1.807) is 6.33 Å². The van der Waals surface area contributed by atoms with Crippen molar-refractivity contribution in [3.63, 3.8) is 0 Å². The van der Waals surface area contributed by atoms with E-state index in [-0.39, 0.29) is 6.04 Å². The molecule has 1 aromatic carbocycles. The first-order valence-electron chi connectivity index (χ1n) is 5.48. The number of aryl methyl sites for hydroxylation is 1. The molecule has 0 unspecified atom stereocenters. The number of hydrogen-bond donors (Lipinski definition) is 1. The summed E-state index contributed by atoms with van der Waals surface area (Å²) in [5.74, 6) is 0.853. The van der Waals surface area contributed by atoms with Gasteiger partial charge in [-0.2, -0.15) is 0 Å². The second-order valence-electron chi connectivity index (χ2n) is 3.77. The fourth-order valence-electron chi connectivity index (χ4n) is 1.75. The second kappa shape index (κ2) is 4.90. The molecule has 4 heteroatoms. The minimum Gasteiger partial charge on any atom is -0.321 e. The number of nitrogens with zero attached hydrogens (tertiary/aromatic N) is 3. The van der Waals surface area contributed by atoms with Crippen molar-refractivity contribution in [3.05, 3.63) is 48.0 Å². The molecule has 84 valence electrons. The lowest BCUT2D eigenvalue weighted by Gasteiger charge is -2.11. The second-order valence-corrected chi connectivity index (χ2v) is 3.77. The van der Waals surface area contributed by atoms with E-state index in [9.17, 15) is 0 Å². The van der Waals surface area contributed by atoms with Gasteiger partial charge in [0.1, 0.15) is 12.2 Å². The third-order valence-electron chi connectivity index (χ3n) is 2.62. The summed E-state index contributed by atoms with van der Waals surface area (Å²) in [6.45, 7) is 2.91. The minimum atomic E-state index is -0.0927. The van der Waals surface area contributed by atoms with Gasteiger partial charge in [0.2, 0.25) is 0 Å². The maximum atomic E-state index is 6.12. The van der Waals surface area contributed by atoms with E-state index in [0.717, 1.165) is 18.8 Å². The Balaban J connectivity index is 2.11. The van der Waals surface area contributed by atoms with Crippen molar-refractivity contribution in [2.24, 2.45) is 5.73 Å². The van der Waals surface area contributed by atoms with Gasteiger partial charge in [0, 0.05) is 6.54 Å². The van der Waals surface area contributed by atoms with Crippen LogP contribution in [0.25, 0.3) is 0 Å². The van der Waals surface area contributed by atoms with Crippen LogP contribution in [0.3, 0.4) is 0 Å². The van der Waals surface area contributed by atoms with Crippen molar-refractivity contribution in [3.8, 4) is 0 Å². The van der Waals surface area contributed by atoms with Crippen LogP contribution in [0.15, 0.2) is 36.7 Å². The summed E-state index contributed by atoms with van der Waals surface area (Å²) in [7, 11) is 0. The molecular weight excluding hydrogens is 200 g/mol. The summed E-state index contributed by atoms with van der Waals surface area (Å²) >= 11 is 0. The smallest absolute Gasteiger partial charge is 0.150 e. The summed E-state index contributed by atoms with van der Waals surface area (Å²) in [4.78, 5) is 0. The van der Waals surface area contributed by atoms with Crippen LogP contribution in [-0.2, 0) is 13.0 Å². The summed E-state index contributed by atoms with van der Waals surface area (Å²) < 4.78 is 1.98. The van der Waals surface area contributed by atoms with Gasteiger partial charge in [0.05, 0.1) is 6.04 Å². The number of hydrogen-bond acceptors (Lipinski definition) is 3. The van der Waals surface area contributed by atoms with Crippen LogP contribution < -0.4 is 5.73 Å². The molecule has 0 aliphatic rings. The molecule has 1 heterocycles. The summed E-state index contributed by atoms with van der Waals surface area (Å²) in [5, 5.41) is 7.96. The first kappa shape index (κ1) is 10.8. The van der Waals surface area contributed by atoms with Crippen LogP contribution in [0.1, 0.15) is 24.4 Å². The Hall–Kier alpha value is -1.68. The van der Waals surface area contributed by atoms with Crippen LogP contribution in [0.5, 0.6) is 0 Å². The Labute approximate surface area is 95.1 Å². The standard InChI is InChI=1S/C12H16N4/c1-2-16-9-14-15-12(16)11(13)8-10-6-4-3-5-7-10/h3-7,9,11H,2,8,13H2,1H3/t11-/m0/s1.